The Kier molecular flexibility index (Phi) is 6.94. The van der Waals surface area contributed by atoms with Crippen molar-refractivity contribution < 1.29 is 33.3 Å². The summed E-state index contributed by atoms with van der Waals surface area (Å²) in [5, 5.41) is 27.8. The monoisotopic (exact) mass is 474 g/mol. The molecule has 5 atom stereocenters. The maximum Gasteiger partial charge on any atom is 0.300 e. The van der Waals surface area contributed by atoms with E-state index in [0.717, 1.165) is 17.2 Å². The van der Waals surface area contributed by atoms with Crippen LogP contribution in [0.5, 0.6) is 0 Å². The van der Waals surface area contributed by atoms with Crippen LogP contribution in [-0.4, -0.2) is 86.7 Å². The third-order valence-corrected chi connectivity index (χ3v) is 6.98. The molecule has 0 aliphatic carbocycles. The Bertz CT molecular complexity index is 1080. The number of unbranched alkanes of at least 4 members (excludes halogenated alkanes) is 1. The van der Waals surface area contributed by atoms with Crippen LogP contribution in [0.3, 0.4) is 0 Å². The van der Waals surface area contributed by atoms with Crippen molar-refractivity contribution in [3.63, 3.8) is 0 Å². The zero-order chi connectivity index (χ0) is 23.7. The molecule has 178 valence electrons. The second-order valence-corrected chi connectivity index (χ2v) is 9.11. The third kappa shape index (κ3) is 3.90. The molecule has 0 unspecified atom stereocenters. The van der Waals surface area contributed by atoms with Gasteiger partial charge >= 0.3 is 5.06 Å². The fraction of sp³-hybridized carbons (Fsp3) is 0.625. The Hall–Kier alpha value is -2.47. The van der Waals surface area contributed by atoms with Gasteiger partial charge in [-0.1, -0.05) is 6.42 Å². The van der Waals surface area contributed by atoms with Gasteiger partial charge in [-0.25, -0.2) is 28.1 Å². The summed E-state index contributed by atoms with van der Waals surface area (Å²) < 4.78 is 35.0. The molecule has 2 aromatic heterocycles. The molecule has 0 saturated carbocycles. The molecule has 0 bridgehead atoms. The summed E-state index contributed by atoms with van der Waals surface area (Å²) in [6.07, 6.45) is -2.27. The first-order chi connectivity index (χ1) is 15.1. The number of aliphatic hydroxyl groups excluding tert-OH is 3. The first-order valence-electron chi connectivity index (χ1n) is 9.71. The Balaban J connectivity index is 2.08. The van der Waals surface area contributed by atoms with E-state index in [9.17, 15) is 28.5 Å². The number of nitrogens with zero attached hydrogens (tertiary/aromatic N) is 4. The minimum Gasteiger partial charge on any atom is -0.394 e. The minimum absolute atomic E-state index is 0.00961. The van der Waals surface area contributed by atoms with E-state index in [1.807, 2.05) is 0 Å². The summed E-state index contributed by atoms with van der Waals surface area (Å²) in [5.74, 6) is -1.14. The molecule has 0 spiro atoms. The van der Waals surface area contributed by atoms with Crippen molar-refractivity contribution in [1.29, 1.82) is 0 Å². The normalized spacial score (nSPS) is 27.0. The molecule has 3 heterocycles. The number of nitrogens with one attached hydrogen (secondary N) is 1. The predicted molar refractivity (Wildman–Crippen MR) is 110 cm³/mol. The van der Waals surface area contributed by atoms with Crippen LogP contribution >= 0.6 is 0 Å². The molecule has 0 aromatic carbocycles. The summed E-state index contributed by atoms with van der Waals surface area (Å²) in [6, 6.07) is -1.19. The maximum atomic E-state index is 13.4. The smallest absolute Gasteiger partial charge is 0.300 e. The van der Waals surface area contributed by atoms with Gasteiger partial charge in [0.2, 0.25) is 5.91 Å². The summed E-state index contributed by atoms with van der Waals surface area (Å²) in [6.45, 7) is -0.444. The highest BCUT2D eigenvalue weighted by Gasteiger charge is 2.65. The van der Waals surface area contributed by atoms with Gasteiger partial charge in [0, 0.05) is 0 Å². The van der Waals surface area contributed by atoms with Crippen LogP contribution in [0.1, 0.15) is 19.3 Å². The molecule has 3 rings (SSSR count). The lowest BCUT2D eigenvalue weighted by molar-refractivity contribution is -0.121. The lowest BCUT2D eigenvalue weighted by atomic mass is 10.1. The average Bonchev–Trinajstić information content (AvgIpc) is 3.29. The summed E-state index contributed by atoms with van der Waals surface area (Å²) in [5.41, 5.74) is 16.8. The van der Waals surface area contributed by atoms with E-state index < -0.39 is 51.9 Å². The Labute approximate surface area is 182 Å². The van der Waals surface area contributed by atoms with E-state index in [-0.39, 0.29) is 23.4 Å². The number of imidazole rings is 1. The van der Waals surface area contributed by atoms with Crippen LogP contribution in [0, 0.1) is 0 Å². The van der Waals surface area contributed by atoms with Crippen LogP contribution in [-0.2, 0) is 24.6 Å². The molecular weight excluding hydrogens is 448 g/mol. The number of hydrogen-bond acceptors (Lipinski definition) is 13. The van der Waals surface area contributed by atoms with Crippen molar-refractivity contribution in [3.05, 3.63) is 12.7 Å². The molecule has 1 saturated heterocycles. The zero-order valence-electron chi connectivity index (χ0n) is 16.9. The Morgan fingerprint density at radius 1 is 1.31 bits per heavy atom. The molecule has 1 fully saturated rings. The zero-order valence-corrected chi connectivity index (χ0v) is 17.7. The lowest BCUT2D eigenvalue weighted by Crippen LogP contribution is -2.58. The third-order valence-electron chi connectivity index (χ3n) is 5.20. The van der Waals surface area contributed by atoms with Crippen molar-refractivity contribution in [2.24, 2.45) is 11.5 Å². The molecule has 0 radical (unpaired) electrons. The number of anilines is 1. The van der Waals surface area contributed by atoms with Crippen molar-refractivity contribution in [2.75, 3.05) is 18.9 Å². The first kappa shape index (κ1) is 24.2. The number of aliphatic hydroxyl groups is 3. The van der Waals surface area contributed by atoms with E-state index in [1.165, 1.54) is 0 Å². The van der Waals surface area contributed by atoms with Gasteiger partial charge in [0.1, 0.15) is 36.5 Å². The van der Waals surface area contributed by atoms with Crippen molar-refractivity contribution >= 4 is 32.9 Å². The molecule has 1 aliphatic heterocycles. The van der Waals surface area contributed by atoms with E-state index >= 15 is 0 Å². The Morgan fingerprint density at radius 2 is 2.03 bits per heavy atom. The molecule has 1 amide bonds. The van der Waals surface area contributed by atoms with E-state index in [1.54, 1.807) is 4.72 Å². The van der Waals surface area contributed by atoms with Gasteiger partial charge in [0.05, 0.1) is 12.6 Å². The molecule has 16 heteroatoms. The SMILES string of the molecule is NCCCC[C@H](N)C(=O)NS(=O)(=O)[C@@]1(n2cnc3c(N)ncnc32)O[C@H](CO)[C@@H](O)[C@H]1O. The number of sulfonamides is 1. The van der Waals surface area contributed by atoms with Gasteiger partial charge in [0.25, 0.3) is 10.0 Å². The standard InChI is InChI=1S/C16H26N8O7S/c17-4-2-1-3-8(18)15(28)23-32(29,30)16(12(27)11(26)9(5-25)31-16)24-7-22-10-13(19)20-6-21-14(10)24/h6-9,11-12,25-27H,1-5,17-18H2,(H,23,28)(H2,19,20,21)/t8-,9+,11+,12+,16-/m0/s1. The fourth-order valence-corrected chi connectivity index (χ4v) is 5.14. The number of fused-ring (bicyclic) bond motifs is 1. The van der Waals surface area contributed by atoms with E-state index in [2.05, 4.69) is 15.0 Å². The first-order valence-corrected chi connectivity index (χ1v) is 11.2. The van der Waals surface area contributed by atoms with Crippen molar-refractivity contribution in [1.82, 2.24) is 24.2 Å². The molecule has 1 aliphatic rings. The quantitative estimate of drug-likeness (QED) is 0.171. The molecular formula is C16H26N8O7S. The van der Waals surface area contributed by atoms with Crippen LogP contribution in [0.25, 0.3) is 11.2 Å². The second kappa shape index (κ2) is 9.18. The van der Waals surface area contributed by atoms with E-state index in [4.69, 9.17) is 21.9 Å². The minimum atomic E-state index is -4.97. The number of aromatic nitrogens is 4. The summed E-state index contributed by atoms with van der Waals surface area (Å²) in [4.78, 5) is 24.2. The van der Waals surface area contributed by atoms with Gasteiger partial charge in [-0.2, -0.15) is 0 Å². The molecule has 15 nitrogen and oxygen atoms in total. The van der Waals surface area contributed by atoms with Crippen molar-refractivity contribution in [2.45, 2.75) is 48.7 Å². The number of amides is 1. The number of carbonyl (C=O) groups is 1. The Morgan fingerprint density at radius 3 is 2.66 bits per heavy atom. The van der Waals surface area contributed by atoms with Crippen LogP contribution < -0.4 is 21.9 Å². The van der Waals surface area contributed by atoms with Crippen LogP contribution in [0.15, 0.2) is 12.7 Å². The predicted octanol–water partition coefficient (Wildman–Crippen LogP) is -3.97. The molecule has 32 heavy (non-hydrogen) atoms. The molecule has 2 aromatic rings. The second-order valence-electron chi connectivity index (χ2n) is 7.31. The highest BCUT2D eigenvalue weighted by molar-refractivity contribution is 7.90. The summed E-state index contributed by atoms with van der Waals surface area (Å²) in [7, 11) is -4.97. The fourth-order valence-electron chi connectivity index (χ4n) is 3.47. The number of hydrogen-bond donors (Lipinski definition) is 7. The number of nitrogens with two attached hydrogens (primary N) is 3. The van der Waals surface area contributed by atoms with Gasteiger partial charge in [-0.3, -0.25) is 9.36 Å². The highest BCUT2D eigenvalue weighted by atomic mass is 32.2. The summed E-state index contributed by atoms with van der Waals surface area (Å²) >= 11 is 0. The van der Waals surface area contributed by atoms with Gasteiger partial charge < -0.3 is 37.3 Å². The number of carbonyl (C=O) groups excluding carboxylic acids is 1. The topological polar surface area (TPSA) is 255 Å². The van der Waals surface area contributed by atoms with Crippen LogP contribution in [0.4, 0.5) is 5.82 Å². The van der Waals surface area contributed by atoms with Gasteiger partial charge in [-0.05, 0) is 19.4 Å². The average molecular weight is 475 g/mol. The highest BCUT2D eigenvalue weighted by Crippen LogP contribution is 2.41. The number of nitrogen functional groups attached to an aromatic ring is 1. The number of ether oxygens (including phenoxy) is 1. The van der Waals surface area contributed by atoms with Gasteiger partial charge in [-0.15, -0.1) is 0 Å². The van der Waals surface area contributed by atoms with Crippen LogP contribution in [0.2, 0.25) is 0 Å². The lowest BCUT2D eigenvalue weighted by Gasteiger charge is -2.33. The van der Waals surface area contributed by atoms with Gasteiger partial charge in [0.15, 0.2) is 11.5 Å². The van der Waals surface area contributed by atoms with E-state index in [0.29, 0.717) is 19.4 Å². The molecule has 10 N–H and O–H groups in total. The van der Waals surface area contributed by atoms with Crippen molar-refractivity contribution in [3.8, 4) is 0 Å². The largest absolute Gasteiger partial charge is 0.394 e. The number of rotatable bonds is 9. The maximum absolute atomic E-state index is 13.4.